The molecule has 0 aliphatic rings. The van der Waals surface area contributed by atoms with Gasteiger partial charge in [-0.3, -0.25) is 10.1 Å². The molecule has 0 bridgehead atoms. The fourth-order valence-electron chi connectivity index (χ4n) is 0.328. The minimum Gasteiger partial charge on any atom is -0.392 e. The van der Waals surface area contributed by atoms with Crippen molar-refractivity contribution in [3.05, 3.63) is 11.1 Å². The molecule has 0 unspecified atom stereocenters. The maximum absolute atomic E-state index is 5.37. The predicted octanol–water partition coefficient (Wildman–Crippen LogP) is 0.873. The molecule has 0 heterocycles. The van der Waals surface area contributed by atoms with Crippen LogP contribution in [0.15, 0.2) is 16.1 Å². The highest BCUT2D eigenvalue weighted by molar-refractivity contribution is 8.00. The second-order valence-electron chi connectivity index (χ2n) is 2.08. The molecule has 0 aromatic heterocycles. The quantitative estimate of drug-likeness (QED) is 0.474. The highest BCUT2D eigenvalue weighted by Crippen LogP contribution is 1.96. The molecule has 0 atom stereocenters. The minimum absolute atomic E-state index is 0.312. The second kappa shape index (κ2) is 5.32. The molecule has 0 fully saturated rings. The summed E-state index contributed by atoms with van der Waals surface area (Å²) < 4.78 is 0. The Labute approximate surface area is 65.7 Å². The minimum atomic E-state index is 0.312. The molecule has 0 amide bonds. The fraction of sp³-hybridized carbons (Fsp3) is 0.500. The maximum atomic E-state index is 5.37. The predicted molar refractivity (Wildman–Crippen MR) is 47.7 cm³/mol. The van der Waals surface area contributed by atoms with Gasteiger partial charge in [-0.1, -0.05) is 0 Å². The lowest BCUT2D eigenvalue weighted by atomic mass is 10.4. The van der Waals surface area contributed by atoms with Gasteiger partial charge in [-0.05, 0) is 31.9 Å². The zero-order chi connectivity index (χ0) is 7.98. The van der Waals surface area contributed by atoms with Crippen LogP contribution >= 0.6 is 11.9 Å². The van der Waals surface area contributed by atoms with Gasteiger partial charge < -0.3 is 5.73 Å². The molecule has 58 valence electrons. The number of nitrogens with two attached hydrogens (primary N) is 2. The average Bonchev–Trinajstić information content (AvgIpc) is 1.87. The third-order valence-corrected chi connectivity index (χ3v) is 1.17. The van der Waals surface area contributed by atoms with Gasteiger partial charge in [0.1, 0.15) is 0 Å². The SMILES string of the molecule is CC(C)N=CC=C(N)SN. The molecule has 0 saturated carbocycles. The van der Waals surface area contributed by atoms with E-state index in [0.29, 0.717) is 11.1 Å². The van der Waals surface area contributed by atoms with Crippen molar-refractivity contribution >= 4 is 18.2 Å². The second-order valence-corrected chi connectivity index (χ2v) is 2.79. The first-order valence-electron chi connectivity index (χ1n) is 3.02. The summed E-state index contributed by atoms with van der Waals surface area (Å²) in [6.07, 6.45) is 3.35. The summed E-state index contributed by atoms with van der Waals surface area (Å²) in [4.78, 5) is 4.06. The number of aliphatic imine (C=N–C) groups is 1. The summed E-state index contributed by atoms with van der Waals surface area (Å²) >= 11 is 1.02. The lowest BCUT2D eigenvalue weighted by Crippen LogP contribution is -1.96. The fourth-order valence-corrected chi connectivity index (χ4v) is 0.467. The Kier molecular flexibility index (Phi) is 5.06. The van der Waals surface area contributed by atoms with E-state index in [4.69, 9.17) is 10.9 Å². The van der Waals surface area contributed by atoms with Crippen molar-refractivity contribution in [1.82, 2.24) is 0 Å². The largest absolute Gasteiger partial charge is 0.392 e. The Bertz CT molecular complexity index is 140. The van der Waals surface area contributed by atoms with Crippen molar-refractivity contribution in [2.24, 2.45) is 15.9 Å². The van der Waals surface area contributed by atoms with Crippen LogP contribution < -0.4 is 10.9 Å². The van der Waals surface area contributed by atoms with Crippen LogP contribution in [-0.2, 0) is 0 Å². The number of hydrogen-bond acceptors (Lipinski definition) is 4. The number of rotatable bonds is 3. The monoisotopic (exact) mass is 159 g/mol. The van der Waals surface area contributed by atoms with E-state index >= 15 is 0 Å². The molecular formula is C6H13N3S. The summed E-state index contributed by atoms with van der Waals surface area (Å²) in [6, 6.07) is 0.312. The third kappa shape index (κ3) is 5.65. The van der Waals surface area contributed by atoms with Crippen molar-refractivity contribution in [1.29, 1.82) is 0 Å². The van der Waals surface area contributed by atoms with E-state index in [-0.39, 0.29) is 0 Å². The molecule has 0 radical (unpaired) electrons. The van der Waals surface area contributed by atoms with Crippen LogP contribution in [0.25, 0.3) is 0 Å². The van der Waals surface area contributed by atoms with Crippen molar-refractivity contribution < 1.29 is 0 Å². The van der Waals surface area contributed by atoms with Crippen LogP contribution in [0.4, 0.5) is 0 Å². The molecule has 0 saturated heterocycles. The van der Waals surface area contributed by atoms with Gasteiger partial charge in [-0.2, -0.15) is 0 Å². The highest BCUT2D eigenvalue weighted by atomic mass is 32.2. The van der Waals surface area contributed by atoms with Gasteiger partial charge >= 0.3 is 0 Å². The summed E-state index contributed by atoms with van der Waals surface area (Å²) in [5.74, 6) is 0. The normalized spacial score (nSPS) is 13.4. The van der Waals surface area contributed by atoms with Crippen LogP contribution in [0.5, 0.6) is 0 Å². The Morgan fingerprint density at radius 3 is 2.60 bits per heavy atom. The molecule has 0 aromatic carbocycles. The summed E-state index contributed by atoms with van der Waals surface area (Å²) in [7, 11) is 0. The first-order chi connectivity index (χ1) is 4.66. The Morgan fingerprint density at radius 2 is 2.20 bits per heavy atom. The van der Waals surface area contributed by atoms with Gasteiger partial charge in [-0.25, -0.2) is 0 Å². The zero-order valence-corrected chi connectivity index (χ0v) is 7.06. The van der Waals surface area contributed by atoms with Crippen molar-refractivity contribution in [3.63, 3.8) is 0 Å². The van der Waals surface area contributed by atoms with Crippen LogP contribution in [0.2, 0.25) is 0 Å². The van der Waals surface area contributed by atoms with Crippen LogP contribution in [0, 0.1) is 0 Å². The summed E-state index contributed by atoms with van der Waals surface area (Å²) in [6.45, 7) is 3.99. The first-order valence-corrected chi connectivity index (χ1v) is 3.90. The van der Waals surface area contributed by atoms with Crippen molar-refractivity contribution in [2.45, 2.75) is 19.9 Å². The molecule has 3 nitrogen and oxygen atoms in total. The molecule has 0 spiro atoms. The van der Waals surface area contributed by atoms with E-state index in [2.05, 4.69) is 4.99 Å². The van der Waals surface area contributed by atoms with Crippen LogP contribution in [0.3, 0.4) is 0 Å². The standard InChI is InChI=1S/C6H13N3S/c1-5(2)9-4-3-6(7)10-8/h3-5H,7-8H2,1-2H3. The lowest BCUT2D eigenvalue weighted by molar-refractivity contribution is 0.841. The van der Waals surface area contributed by atoms with Gasteiger partial charge in [0.25, 0.3) is 0 Å². The Morgan fingerprint density at radius 1 is 1.60 bits per heavy atom. The molecule has 0 aliphatic carbocycles. The van der Waals surface area contributed by atoms with Crippen molar-refractivity contribution in [3.8, 4) is 0 Å². The molecule has 0 aromatic rings. The molecule has 0 rings (SSSR count). The molecule has 4 N–H and O–H groups in total. The lowest BCUT2D eigenvalue weighted by Gasteiger charge is -1.92. The summed E-state index contributed by atoms with van der Waals surface area (Å²) in [5.41, 5.74) is 5.37. The topological polar surface area (TPSA) is 64.4 Å². The van der Waals surface area contributed by atoms with Gasteiger partial charge in [0, 0.05) is 12.3 Å². The molecule has 0 aliphatic heterocycles. The Balaban J connectivity index is 3.70. The van der Waals surface area contributed by atoms with E-state index in [1.54, 1.807) is 12.3 Å². The van der Waals surface area contributed by atoms with Gasteiger partial charge in [0.15, 0.2) is 0 Å². The first kappa shape index (κ1) is 9.52. The molecule has 10 heavy (non-hydrogen) atoms. The van der Waals surface area contributed by atoms with Crippen LogP contribution in [-0.4, -0.2) is 12.3 Å². The molecular weight excluding hydrogens is 146 g/mol. The van der Waals surface area contributed by atoms with Gasteiger partial charge in [0.2, 0.25) is 0 Å². The zero-order valence-electron chi connectivity index (χ0n) is 6.24. The van der Waals surface area contributed by atoms with E-state index < -0.39 is 0 Å². The van der Waals surface area contributed by atoms with Gasteiger partial charge in [-0.15, -0.1) is 0 Å². The number of hydrogen-bond donors (Lipinski definition) is 2. The van der Waals surface area contributed by atoms with E-state index in [9.17, 15) is 0 Å². The van der Waals surface area contributed by atoms with Crippen molar-refractivity contribution in [2.75, 3.05) is 0 Å². The third-order valence-electron chi connectivity index (χ3n) is 0.759. The van der Waals surface area contributed by atoms with E-state index in [1.807, 2.05) is 13.8 Å². The maximum Gasteiger partial charge on any atom is 0.0821 e. The number of allylic oxidation sites excluding steroid dienone is 1. The average molecular weight is 159 g/mol. The Hall–Kier alpha value is -0.480. The number of nitrogens with zero attached hydrogens (tertiary/aromatic N) is 1. The summed E-state index contributed by atoms with van der Waals surface area (Å²) in [5, 5.41) is 5.72. The molecule has 4 heteroatoms. The smallest absolute Gasteiger partial charge is 0.0821 e. The van der Waals surface area contributed by atoms with Gasteiger partial charge in [0.05, 0.1) is 5.03 Å². The van der Waals surface area contributed by atoms with E-state index in [1.165, 1.54) is 0 Å². The van der Waals surface area contributed by atoms with E-state index in [0.717, 1.165) is 11.9 Å². The van der Waals surface area contributed by atoms with Crippen LogP contribution in [0.1, 0.15) is 13.8 Å². The highest BCUT2D eigenvalue weighted by Gasteiger charge is 1.83.